The number of thioether (sulfide) groups is 1. The van der Waals surface area contributed by atoms with Gasteiger partial charge in [0.05, 0.1) is 10.9 Å². The lowest BCUT2D eigenvalue weighted by atomic mass is 9.88. The van der Waals surface area contributed by atoms with Gasteiger partial charge >= 0.3 is 5.69 Å². The van der Waals surface area contributed by atoms with Crippen LogP contribution in [-0.2, 0) is 4.74 Å². The highest BCUT2D eigenvalue weighted by Gasteiger charge is 2.60. The second-order valence-electron chi connectivity index (χ2n) is 5.49. The first kappa shape index (κ1) is 11.8. The van der Waals surface area contributed by atoms with Gasteiger partial charge in [-0.2, -0.15) is 4.98 Å². The monoisotopic (exact) mass is 282 g/mol. The molecule has 5 nitrogen and oxygen atoms in total. The Kier molecular flexibility index (Phi) is 2.48. The summed E-state index contributed by atoms with van der Waals surface area (Å²) in [6, 6.07) is 0. The van der Waals surface area contributed by atoms with E-state index in [4.69, 9.17) is 11.8 Å². The number of hydrogen-bond acceptors (Lipinski definition) is 5. The van der Waals surface area contributed by atoms with Gasteiger partial charge in [-0.15, -0.1) is 11.8 Å². The molecule has 1 aromatic rings. The number of nitrogens with two attached hydrogens (primary N) is 1. The molecule has 3 rings (SSSR count). The fourth-order valence-electron chi connectivity index (χ4n) is 2.90. The van der Waals surface area contributed by atoms with Gasteiger partial charge in [0.25, 0.3) is 0 Å². The van der Waals surface area contributed by atoms with Crippen LogP contribution in [0.15, 0.2) is 11.0 Å². The van der Waals surface area contributed by atoms with Crippen molar-refractivity contribution in [2.24, 2.45) is 5.92 Å². The van der Waals surface area contributed by atoms with Crippen LogP contribution in [0.25, 0.3) is 0 Å². The average molecular weight is 282 g/mol. The van der Waals surface area contributed by atoms with Crippen LogP contribution in [0.4, 0.5) is 5.82 Å². The van der Waals surface area contributed by atoms with Crippen LogP contribution in [0.3, 0.4) is 0 Å². The fraction of sp³-hybridized carbons (Fsp3) is 0.692. The molecule has 2 N–H and O–H groups in total. The van der Waals surface area contributed by atoms with Crippen molar-refractivity contribution >= 4 is 17.6 Å². The number of fused-ring (bicyclic) bond motifs is 2. The van der Waals surface area contributed by atoms with Gasteiger partial charge in [0.15, 0.2) is 6.23 Å². The zero-order valence-corrected chi connectivity index (χ0v) is 12.1. The van der Waals surface area contributed by atoms with Gasteiger partial charge in [0, 0.05) is 24.3 Å². The molecule has 2 fully saturated rings. The molecule has 0 amide bonds. The Bertz CT molecular complexity index is 608. The summed E-state index contributed by atoms with van der Waals surface area (Å²) < 4.78 is 15.5. The van der Waals surface area contributed by atoms with E-state index in [1.165, 1.54) is 4.57 Å². The lowest BCUT2D eigenvalue weighted by molar-refractivity contribution is -0.0747. The average Bonchev–Trinajstić information content (AvgIpc) is 2.81. The highest BCUT2D eigenvalue weighted by molar-refractivity contribution is 8.01. The maximum absolute atomic E-state index is 12.1. The van der Waals surface area contributed by atoms with Crippen LogP contribution in [0, 0.1) is 12.8 Å². The molecule has 0 aromatic carbocycles. The van der Waals surface area contributed by atoms with E-state index >= 15 is 0 Å². The van der Waals surface area contributed by atoms with E-state index in [1.54, 1.807) is 18.0 Å². The molecule has 0 unspecified atom stereocenters. The molecule has 5 atom stereocenters. The quantitative estimate of drug-likeness (QED) is 0.846. The Hall–Kier alpha value is -1.01. The normalized spacial score (nSPS) is 41.5. The van der Waals surface area contributed by atoms with Gasteiger partial charge in [-0.3, -0.25) is 4.57 Å². The van der Waals surface area contributed by atoms with E-state index in [2.05, 4.69) is 18.8 Å². The first-order chi connectivity index (χ1) is 9.40. The summed E-state index contributed by atoms with van der Waals surface area (Å²) in [6.07, 6.45) is 1.36. The maximum Gasteiger partial charge on any atom is 0.351 e. The minimum atomic E-state index is -0.464. The standard InChI is InChI=1S/C13H19N3O2S/c1-6-5-16(12(17)15-10(6)14)11-9-7(2)13(4,18-11)8(3)19-9/h5,7-9,11H,1-4H3,(H2,14,15,17)/t7-,8-,9+,11+,13+/m0/s1/i4D. The highest BCUT2D eigenvalue weighted by atomic mass is 32.2. The molecule has 2 aliphatic heterocycles. The van der Waals surface area contributed by atoms with E-state index in [1.807, 2.05) is 6.92 Å². The molecular weight excluding hydrogens is 262 g/mol. The number of rotatable bonds is 1. The lowest BCUT2D eigenvalue weighted by Crippen LogP contribution is -2.40. The van der Waals surface area contributed by atoms with Crippen LogP contribution >= 0.6 is 11.8 Å². The van der Waals surface area contributed by atoms with E-state index in [9.17, 15) is 4.79 Å². The van der Waals surface area contributed by atoms with Crippen LogP contribution in [0.1, 0.15) is 33.9 Å². The summed E-state index contributed by atoms with van der Waals surface area (Å²) >= 11 is 1.80. The van der Waals surface area contributed by atoms with Crippen LogP contribution in [-0.4, -0.2) is 25.7 Å². The van der Waals surface area contributed by atoms with Gasteiger partial charge < -0.3 is 10.5 Å². The molecule has 1 aromatic heterocycles. The zero-order valence-electron chi connectivity index (χ0n) is 12.3. The van der Waals surface area contributed by atoms with E-state index < -0.39 is 5.60 Å². The predicted molar refractivity (Wildman–Crippen MR) is 76.2 cm³/mol. The molecule has 0 spiro atoms. The molecule has 104 valence electrons. The summed E-state index contributed by atoms with van der Waals surface area (Å²) in [6.45, 7) is 6.25. The van der Waals surface area contributed by atoms with Crippen molar-refractivity contribution in [1.29, 1.82) is 0 Å². The van der Waals surface area contributed by atoms with Gasteiger partial charge in [0.1, 0.15) is 5.82 Å². The molecule has 19 heavy (non-hydrogen) atoms. The number of anilines is 1. The molecule has 2 aliphatic rings. The maximum atomic E-state index is 12.1. The third-order valence-electron chi connectivity index (χ3n) is 4.38. The summed E-state index contributed by atoms with van der Waals surface area (Å²) in [4.78, 5) is 15.9. The van der Waals surface area contributed by atoms with Crippen molar-refractivity contribution < 1.29 is 6.11 Å². The molecule has 2 bridgehead atoms. The number of nitrogens with zero attached hydrogens (tertiary/aromatic N) is 2. The minimum Gasteiger partial charge on any atom is -0.383 e. The van der Waals surface area contributed by atoms with Crippen molar-refractivity contribution in [3.63, 3.8) is 0 Å². The van der Waals surface area contributed by atoms with Crippen molar-refractivity contribution in [2.45, 2.75) is 50.0 Å². The SMILES string of the molecule is [2H]C[C@]12O[C@@H](n3cc(C)c(N)nc3=O)[C@H](S[C@H]1C)[C@@H]2C. The smallest absolute Gasteiger partial charge is 0.351 e. The van der Waals surface area contributed by atoms with Crippen molar-refractivity contribution in [2.75, 3.05) is 5.73 Å². The third-order valence-corrected chi connectivity index (χ3v) is 6.14. The predicted octanol–water partition coefficient (Wildman–Crippen LogP) is 1.56. The lowest BCUT2D eigenvalue weighted by Gasteiger charge is -2.33. The summed E-state index contributed by atoms with van der Waals surface area (Å²) in [5, 5.41) is 0.452. The molecular formula is C13H19N3O2S. The number of hydrogen-bond donors (Lipinski definition) is 1. The van der Waals surface area contributed by atoms with Crippen LogP contribution in [0.5, 0.6) is 0 Å². The Morgan fingerprint density at radius 1 is 1.63 bits per heavy atom. The summed E-state index contributed by atoms with van der Waals surface area (Å²) in [5.41, 5.74) is 5.58. The summed E-state index contributed by atoms with van der Waals surface area (Å²) in [7, 11) is 0. The Morgan fingerprint density at radius 2 is 2.37 bits per heavy atom. The topological polar surface area (TPSA) is 70.1 Å². The summed E-state index contributed by atoms with van der Waals surface area (Å²) in [5.74, 6) is 0.508. The van der Waals surface area contributed by atoms with Crippen LogP contribution < -0.4 is 11.4 Å². The highest BCUT2D eigenvalue weighted by Crippen LogP contribution is 2.58. The van der Waals surface area contributed by atoms with Gasteiger partial charge in [-0.1, -0.05) is 13.8 Å². The van der Waals surface area contributed by atoms with Gasteiger partial charge in [-0.05, 0) is 13.8 Å². The molecule has 0 saturated carbocycles. The van der Waals surface area contributed by atoms with E-state index in [-0.39, 0.29) is 41.1 Å². The molecule has 6 heteroatoms. The number of aromatic nitrogens is 2. The number of ether oxygens (including phenoxy) is 1. The van der Waals surface area contributed by atoms with E-state index in [0.29, 0.717) is 0 Å². The number of nitrogen functional groups attached to an aromatic ring is 1. The van der Waals surface area contributed by atoms with Crippen molar-refractivity contribution in [1.82, 2.24) is 9.55 Å². The van der Waals surface area contributed by atoms with Gasteiger partial charge in [-0.25, -0.2) is 4.79 Å². The molecule has 2 saturated heterocycles. The van der Waals surface area contributed by atoms with E-state index in [0.717, 1.165) is 5.56 Å². The first-order valence-electron chi connectivity index (χ1n) is 7.09. The zero-order chi connectivity index (χ0) is 14.7. The fourth-order valence-corrected chi connectivity index (χ4v) is 4.66. The molecule has 3 heterocycles. The van der Waals surface area contributed by atoms with Crippen LogP contribution in [0.2, 0.25) is 0 Å². The van der Waals surface area contributed by atoms with Gasteiger partial charge in [0.2, 0.25) is 0 Å². The van der Waals surface area contributed by atoms with Crippen molar-refractivity contribution in [3.8, 4) is 0 Å². The third kappa shape index (κ3) is 1.66. The second-order valence-corrected chi connectivity index (χ2v) is 7.02. The number of aryl methyl sites for hydroxylation is 1. The minimum absolute atomic E-state index is 0.179. The largest absolute Gasteiger partial charge is 0.383 e. The van der Waals surface area contributed by atoms with Crippen molar-refractivity contribution in [3.05, 3.63) is 22.2 Å². The first-order valence-corrected chi connectivity index (χ1v) is 7.33. The second kappa shape index (κ2) is 3.99. The Labute approximate surface area is 117 Å². The molecule has 0 aliphatic carbocycles. The molecule has 0 radical (unpaired) electrons. The Morgan fingerprint density at radius 3 is 3.00 bits per heavy atom. The Balaban J connectivity index is 2.03.